The Balaban J connectivity index is 2.13. The highest BCUT2D eigenvalue weighted by Gasteiger charge is 2.21. The molecule has 2 heterocycles. The molecule has 84 valence electrons. The molecule has 3 nitrogen and oxygen atoms in total. The molecule has 2 unspecified atom stereocenters. The van der Waals surface area contributed by atoms with E-state index in [9.17, 15) is 0 Å². The Bertz CT molecular complexity index is 305. The first-order valence-corrected chi connectivity index (χ1v) is 6.93. The van der Waals surface area contributed by atoms with Gasteiger partial charge in [-0.3, -0.25) is 0 Å². The molecule has 1 fully saturated rings. The van der Waals surface area contributed by atoms with Crippen LogP contribution in [0.15, 0.2) is 12.5 Å². The summed E-state index contributed by atoms with van der Waals surface area (Å²) in [5.41, 5.74) is 1.40. The smallest absolute Gasteiger partial charge is 0.0951 e. The molecule has 2 atom stereocenters. The molecule has 1 aromatic rings. The van der Waals surface area contributed by atoms with Crippen molar-refractivity contribution in [3.63, 3.8) is 0 Å². The molecule has 1 aliphatic heterocycles. The lowest BCUT2D eigenvalue weighted by Gasteiger charge is -2.18. The van der Waals surface area contributed by atoms with Crippen molar-refractivity contribution in [3.8, 4) is 0 Å². The van der Waals surface area contributed by atoms with Crippen molar-refractivity contribution in [1.29, 1.82) is 0 Å². The zero-order chi connectivity index (χ0) is 10.7. The highest BCUT2D eigenvalue weighted by atomic mass is 32.2. The Morgan fingerprint density at radius 1 is 1.73 bits per heavy atom. The van der Waals surface area contributed by atoms with E-state index in [0.717, 1.165) is 18.8 Å². The van der Waals surface area contributed by atoms with Gasteiger partial charge in [-0.25, -0.2) is 4.98 Å². The fourth-order valence-electron chi connectivity index (χ4n) is 2.23. The molecule has 2 rings (SSSR count). The Morgan fingerprint density at radius 2 is 2.60 bits per heavy atom. The molecular formula is C11H19N3S. The van der Waals surface area contributed by atoms with E-state index in [0.29, 0.717) is 12.0 Å². The minimum atomic E-state index is 0.554. The minimum Gasteiger partial charge on any atom is -0.331 e. The van der Waals surface area contributed by atoms with E-state index >= 15 is 0 Å². The molecule has 15 heavy (non-hydrogen) atoms. The van der Waals surface area contributed by atoms with Gasteiger partial charge in [0.2, 0.25) is 0 Å². The summed E-state index contributed by atoms with van der Waals surface area (Å²) in [5, 5.41) is 3.41. The summed E-state index contributed by atoms with van der Waals surface area (Å²) in [4.78, 5) is 4.30. The van der Waals surface area contributed by atoms with E-state index in [-0.39, 0.29) is 0 Å². The molecular weight excluding hydrogens is 206 g/mol. The second kappa shape index (κ2) is 5.03. The Labute approximate surface area is 95.7 Å². The maximum Gasteiger partial charge on any atom is 0.0951 e. The van der Waals surface area contributed by atoms with Gasteiger partial charge in [-0.05, 0) is 26.1 Å². The van der Waals surface area contributed by atoms with Crippen molar-refractivity contribution in [2.75, 3.05) is 25.1 Å². The summed E-state index contributed by atoms with van der Waals surface area (Å²) in [7, 11) is 0. The van der Waals surface area contributed by atoms with Gasteiger partial charge in [0.05, 0.1) is 6.33 Å². The van der Waals surface area contributed by atoms with E-state index in [1.165, 1.54) is 12.1 Å². The van der Waals surface area contributed by atoms with Crippen molar-refractivity contribution >= 4 is 11.8 Å². The fraction of sp³-hybridized carbons (Fsp3) is 0.727. The third kappa shape index (κ3) is 2.37. The molecule has 0 aliphatic carbocycles. The van der Waals surface area contributed by atoms with Crippen LogP contribution in [0.3, 0.4) is 0 Å². The molecule has 0 bridgehead atoms. The average Bonchev–Trinajstić information content (AvgIpc) is 2.88. The Kier molecular flexibility index (Phi) is 3.70. The lowest BCUT2D eigenvalue weighted by Crippen LogP contribution is -2.15. The molecule has 0 spiro atoms. The zero-order valence-electron chi connectivity index (χ0n) is 9.44. The van der Waals surface area contributed by atoms with Gasteiger partial charge >= 0.3 is 0 Å². The zero-order valence-corrected chi connectivity index (χ0v) is 10.3. The predicted octanol–water partition coefficient (Wildman–Crippen LogP) is 1.88. The average molecular weight is 225 g/mol. The van der Waals surface area contributed by atoms with Gasteiger partial charge < -0.3 is 9.88 Å². The van der Waals surface area contributed by atoms with Crippen LogP contribution in [0.1, 0.15) is 31.0 Å². The molecule has 0 amide bonds. The molecule has 0 aromatic carbocycles. The van der Waals surface area contributed by atoms with Gasteiger partial charge in [-0.2, -0.15) is 11.8 Å². The van der Waals surface area contributed by atoms with Crippen LogP contribution in [0.5, 0.6) is 0 Å². The second-order valence-electron chi connectivity index (χ2n) is 4.22. The Morgan fingerprint density at radius 3 is 3.27 bits per heavy atom. The SMILES string of the molecule is CSCC(C)n1cncc1C1CCNC1. The van der Waals surface area contributed by atoms with Crippen molar-refractivity contribution < 1.29 is 0 Å². The number of nitrogens with zero attached hydrogens (tertiary/aromatic N) is 2. The van der Waals surface area contributed by atoms with E-state index in [1.54, 1.807) is 0 Å². The van der Waals surface area contributed by atoms with Gasteiger partial charge in [-0.1, -0.05) is 0 Å². The lowest BCUT2D eigenvalue weighted by molar-refractivity contribution is 0.554. The van der Waals surface area contributed by atoms with E-state index in [2.05, 4.69) is 28.0 Å². The first kappa shape index (κ1) is 11.0. The molecule has 0 radical (unpaired) electrons. The van der Waals surface area contributed by atoms with Crippen molar-refractivity contribution in [3.05, 3.63) is 18.2 Å². The highest BCUT2D eigenvalue weighted by molar-refractivity contribution is 7.98. The summed E-state index contributed by atoms with van der Waals surface area (Å²) in [6.07, 6.45) is 7.42. The predicted molar refractivity (Wildman–Crippen MR) is 65.5 cm³/mol. The first-order valence-electron chi connectivity index (χ1n) is 5.54. The minimum absolute atomic E-state index is 0.554. The maximum atomic E-state index is 4.30. The molecule has 4 heteroatoms. The van der Waals surface area contributed by atoms with Crippen LogP contribution in [0.25, 0.3) is 0 Å². The summed E-state index contributed by atoms with van der Waals surface area (Å²) in [6.45, 7) is 4.52. The van der Waals surface area contributed by atoms with Crippen LogP contribution in [0.4, 0.5) is 0 Å². The number of hydrogen-bond donors (Lipinski definition) is 1. The number of rotatable bonds is 4. The van der Waals surface area contributed by atoms with Crippen LogP contribution < -0.4 is 5.32 Å². The van der Waals surface area contributed by atoms with Gasteiger partial charge in [0.15, 0.2) is 0 Å². The molecule has 1 aromatic heterocycles. The number of hydrogen-bond acceptors (Lipinski definition) is 3. The van der Waals surface area contributed by atoms with Gasteiger partial charge in [0, 0.05) is 36.1 Å². The molecule has 0 saturated carbocycles. The topological polar surface area (TPSA) is 29.9 Å². The number of imidazole rings is 1. The van der Waals surface area contributed by atoms with Crippen molar-refractivity contribution in [2.45, 2.75) is 25.3 Å². The molecule has 1 aliphatic rings. The Hall–Kier alpha value is -0.480. The monoisotopic (exact) mass is 225 g/mol. The van der Waals surface area contributed by atoms with Gasteiger partial charge in [0.1, 0.15) is 0 Å². The summed E-state index contributed by atoms with van der Waals surface area (Å²) in [6, 6.07) is 0.554. The van der Waals surface area contributed by atoms with E-state index < -0.39 is 0 Å². The van der Waals surface area contributed by atoms with Crippen LogP contribution in [-0.2, 0) is 0 Å². The molecule has 1 saturated heterocycles. The molecule has 1 N–H and O–H groups in total. The number of aromatic nitrogens is 2. The van der Waals surface area contributed by atoms with Gasteiger partial charge in [-0.15, -0.1) is 0 Å². The number of nitrogens with one attached hydrogen (secondary N) is 1. The van der Waals surface area contributed by atoms with Crippen molar-refractivity contribution in [1.82, 2.24) is 14.9 Å². The number of thioether (sulfide) groups is 1. The quantitative estimate of drug-likeness (QED) is 0.848. The van der Waals surface area contributed by atoms with E-state index in [4.69, 9.17) is 0 Å². The fourth-order valence-corrected chi connectivity index (χ4v) is 2.87. The maximum absolute atomic E-state index is 4.30. The van der Waals surface area contributed by atoms with E-state index in [1.807, 2.05) is 24.3 Å². The third-order valence-corrected chi connectivity index (χ3v) is 3.87. The summed E-state index contributed by atoms with van der Waals surface area (Å²) >= 11 is 1.89. The summed E-state index contributed by atoms with van der Waals surface area (Å²) in [5.74, 6) is 1.82. The highest BCUT2D eigenvalue weighted by Crippen LogP contribution is 2.25. The largest absolute Gasteiger partial charge is 0.331 e. The first-order chi connectivity index (χ1) is 7.33. The van der Waals surface area contributed by atoms with Gasteiger partial charge in [0.25, 0.3) is 0 Å². The summed E-state index contributed by atoms with van der Waals surface area (Å²) < 4.78 is 2.34. The van der Waals surface area contributed by atoms with Crippen LogP contribution in [0.2, 0.25) is 0 Å². The third-order valence-electron chi connectivity index (χ3n) is 3.06. The lowest BCUT2D eigenvalue weighted by atomic mass is 10.1. The van der Waals surface area contributed by atoms with Crippen molar-refractivity contribution in [2.24, 2.45) is 0 Å². The second-order valence-corrected chi connectivity index (χ2v) is 5.13. The normalized spacial score (nSPS) is 23.2. The van der Waals surface area contributed by atoms with Crippen LogP contribution in [0, 0.1) is 0 Å². The van der Waals surface area contributed by atoms with Crippen LogP contribution >= 0.6 is 11.8 Å². The standard InChI is InChI=1S/C11H19N3S/c1-9(7-15-2)14-8-13-6-11(14)10-3-4-12-5-10/h6,8-10,12H,3-5,7H2,1-2H3. The van der Waals surface area contributed by atoms with Crippen LogP contribution in [-0.4, -0.2) is 34.6 Å².